The fourth-order valence-corrected chi connectivity index (χ4v) is 5.82. The van der Waals surface area contributed by atoms with E-state index in [4.69, 9.17) is 14.3 Å². The maximum Gasteiger partial charge on any atom is 0.259 e. The van der Waals surface area contributed by atoms with Gasteiger partial charge < -0.3 is 13.9 Å². The first-order valence-electron chi connectivity index (χ1n) is 11.1. The van der Waals surface area contributed by atoms with Crippen LogP contribution < -0.4 is 0 Å². The SMILES string of the molecule is CC(C)N(C(C)C)P(OCCC#N)OC1CCN(C(=O)CCc2ccc(I)cc2)CC1. The van der Waals surface area contributed by atoms with Crippen molar-refractivity contribution in [2.24, 2.45) is 0 Å². The summed E-state index contributed by atoms with van der Waals surface area (Å²) in [5.41, 5.74) is 1.20. The molecule has 1 aromatic carbocycles. The van der Waals surface area contributed by atoms with E-state index in [1.807, 2.05) is 4.90 Å². The Morgan fingerprint density at radius 2 is 1.84 bits per heavy atom. The lowest BCUT2D eigenvalue weighted by Crippen LogP contribution is -2.41. The van der Waals surface area contributed by atoms with Crippen molar-refractivity contribution in [2.45, 2.75) is 78.0 Å². The lowest BCUT2D eigenvalue weighted by atomic mass is 10.1. The molecule has 1 aromatic rings. The number of hydrogen-bond acceptors (Lipinski definition) is 5. The van der Waals surface area contributed by atoms with Crippen molar-refractivity contribution >= 4 is 37.0 Å². The van der Waals surface area contributed by atoms with Crippen LogP contribution in [-0.4, -0.2) is 53.4 Å². The maximum absolute atomic E-state index is 12.7. The van der Waals surface area contributed by atoms with Gasteiger partial charge in [-0.1, -0.05) is 12.1 Å². The van der Waals surface area contributed by atoms with Gasteiger partial charge >= 0.3 is 0 Å². The number of halogens is 1. The number of amides is 1. The van der Waals surface area contributed by atoms with Crippen LogP contribution in [0.4, 0.5) is 0 Å². The van der Waals surface area contributed by atoms with Crippen LogP contribution in [0.1, 0.15) is 58.9 Å². The molecule has 1 aliphatic rings. The van der Waals surface area contributed by atoms with Gasteiger partial charge in [0.25, 0.3) is 8.53 Å². The van der Waals surface area contributed by atoms with Crippen LogP contribution in [0.15, 0.2) is 24.3 Å². The lowest BCUT2D eigenvalue weighted by molar-refractivity contribution is -0.132. The number of carbonyl (C=O) groups is 1. The number of aryl methyl sites for hydroxylation is 1. The molecule has 1 amide bonds. The quantitative estimate of drug-likeness (QED) is 0.203. The molecule has 172 valence electrons. The molecule has 2 rings (SSSR count). The van der Waals surface area contributed by atoms with Gasteiger partial charge in [0.15, 0.2) is 0 Å². The van der Waals surface area contributed by atoms with Gasteiger partial charge in [-0.05, 0) is 87.2 Å². The topological polar surface area (TPSA) is 65.8 Å². The van der Waals surface area contributed by atoms with Crippen LogP contribution in [0.5, 0.6) is 0 Å². The third-order valence-corrected chi connectivity index (χ3v) is 8.14. The van der Waals surface area contributed by atoms with Crippen LogP contribution in [0.2, 0.25) is 0 Å². The normalized spacial score (nSPS) is 16.2. The van der Waals surface area contributed by atoms with E-state index in [0.29, 0.717) is 19.4 Å². The van der Waals surface area contributed by atoms with Crippen LogP contribution >= 0.6 is 31.1 Å². The van der Waals surface area contributed by atoms with E-state index < -0.39 is 8.53 Å². The van der Waals surface area contributed by atoms with Gasteiger partial charge in [-0.25, -0.2) is 4.67 Å². The Hall–Kier alpha value is -0.780. The molecule has 31 heavy (non-hydrogen) atoms. The van der Waals surface area contributed by atoms with Gasteiger partial charge in [0.1, 0.15) is 0 Å². The first-order valence-corrected chi connectivity index (χ1v) is 13.3. The monoisotopic (exact) mass is 559 g/mol. The number of hydrogen-bond donors (Lipinski definition) is 0. The second-order valence-corrected chi connectivity index (χ2v) is 11.0. The summed E-state index contributed by atoms with van der Waals surface area (Å²) < 4.78 is 15.9. The fourth-order valence-electron chi connectivity index (χ4n) is 3.69. The lowest BCUT2D eigenvalue weighted by Gasteiger charge is -2.39. The van der Waals surface area contributed by atoms with Crippen molar-refractivity contribution < 1.29 is 13.8 Å². The van der Waals surface area contributed by atoms with Gasteiger partial charge in [-0.2, -0.15) is 5.26 Å². The summed E-state index contributed by atoms with van der Waals surface area (Å²) in [5, 5.41) is 8.85. The summed E-state index contributed by atoms with van der Waals surface area (Å²) in [7, 11) is -1.23. The Morgan fingerprint density at radius 1 is 1.23 bits per heavy atom. The number of rotatable bonds is 11. The molecular formula is C23H35IN3O3P. The second-order valence-electron chi connectivity index (χ2n) is 8.36. The average Bonchev–Trinajstić information content (AvgIpc) is 2.73. The van der Waals surface area contributed by atoms with Crippen LogP contribution in [0, 0.1) is 14.9 Å². The van der Waals surface area contributed by atoms with Gasteiger partial charge in [-0.3, -0.25) is 4.79 Å². The number of carbonyl (C=O) groups excluding carboxylic acids is 1. The van der Waals surface area contributed by atoms with Crippen LogP contribution in [-0.2, 0) is 20.3 Å². The molecule has 0 saturated carbocycles. The van der Waals surface area contributed by atoms with E-state index in [2.05, 4.69) is 85.3 Å². The van der Waals surface area contributed by atoms with Crippen molar-refractivity contribution in [2.75, 3.05) is 19.7 Å². The second kappa shape index (κ2) is 13.7. The highest BCUT2D eigenvalue weighted by molar-refractivity contribution is 14.1. The smallest absolute Gasteiger partial charge is 0.259 e. The summed E-state index contributed by atoms with van der Waals surface area (Å²) >= 11 is 2.29. The minimum absolute atomic E-state index is 0.0773. The third-order valence-electron chi connectivity index (χ3n) is 5.24. The Morgan fingerprint density at radius 3 is 2.39 bits per heavy atom. The molecule has 1 heterocycles. The summed E-state index contributed by atoms with van der Waals surface area (Å²) in [6.07, 6.45) is 3.40. The number of benzene rings is 1. The highest BCUT2D eigenvalue weighted by atomic mass is 127. The summed E-state index contributed by atoms with van der Waals surface area (Å²) in [5.74, 6) is 0.218. The molecule has 0 N–H and O–H groups in total. The average molecular weight is 559 g/mol. The van der Waals surface area contributed by atoms with Gasteiger partial charge in [-0.15, -0.1) is 0 Å². The zero-order valence-electron chi connectivity index (χ0n) is 19.1. The van der Waals surface area contributed by atoms with Crippen LogP contribution in [0.3, 0.4) is 0 Å². The van der Waals surface area contributed by atoms with Crippen molar-refractivity contribution in [3.8, 4) is 6.07 Å². The molecule has 0 aromatic heterocycles. The molecule has 1 saturated heterocycles. The minimum Gasteiger partial charge on any atom is -0.342 e. The van der Waals surface area contributed by atoms with Gasteiger partial charge in [0.2, 0.25) is 5.91 Å². The Bertz CT molecular complexity index is 708. The zero-order chi connectivity index (χ0) is 22.8. The number of piperidine rings is 1. The van der Waals surface area contributed by atoms with Crippen molar-refractivity contribution in [3.05, 3.63) is 33.4 Å². The summed E-state index contributed by atoms with van der Waals surface area (Å²) in [4.78, 5) is 14.6. The number of nitriles is 1. The molecule has 0 bridgehead atoms. The highest BCUT2D eigenvalue weighted by Gasteiger charge is 2.32. The minimum atomic E-state index is -1.23. The molecule has 1 unspecified atom stereocenters. The van der Waals surface area contributed by atoms with E-state index in [-0.39, 0.29) is 24.1 Å². The summed E-state index contributed by atoms with van der Waals surface area (Å²) in [6, 6.07) is 11.1. The molecule has 1 aliphatic heterocycles. The standard InChI is InChI=1S/C23H35IN3O3P/c1-18(2)27(19(3)4)31(29-17-5-14-25)30-22-12-15-26(16-13-22)23(28)11-8-20-6-9-21(24)10-7-20/h6-7,9-10,18-19,22H,5,8,11-13,15-17H2,1-4H3. The molecule has 1 atom stereocenters. The molecule has 1 fully saturated rings. The van der Waals surface area contributed by atoms with Gasteiger partial charge in [0, 0.05) is 35.2 Å². The molecule has 0 aliphatic carbocycles. The van der Waals surface area contributed by atoms with E-state index in [1.54, 1.807) is 0 Å². The van der Waals surface area contributed by atoms with Crippen molar-refractivity contribution in [3.63, 3.8) is 0 Å². The Labute approximate surface area is 202 Å². The van der Waals surface area contributed by atoms with Crippen molar-refractivity contribution in [1.29, 1.82) is 5.26 Å². The molecule has 6 nitrogen and oxygen atoms in total. The van der Waals surface area contributed by atoms with E-state index in [0.717, 1.165) is 32.4 Å². The Kier molecular flexibility index (Phi) is 11.7. The first kappa shape index (κ1) is 26.5. The number of likely N-dealkylation sites (tertiary alicyclic amines) is 1. The molecule has 0 radical (unpaired) electrons. The molecule has 8 heteroatoms. The Balaban J connectivity index is 1.85. The summed E-state index contributed by atoms with van der Waals surface area (Å²) in [6.45, 7) is 10.4. The van der Waals surface area contributed by atoms with Gasteiger partial charge in [0.05, 0.1) is 25.2 Å². The predicted octanol–water partition coefficient (Wildman–Crippen LogP) is 5.51. The fraction of sp³-hybridized carbons (Fsp3) is 0.652. The highest BCUT2D eigenvalue weighted by Crippen LogP contribution is 2.48. The van der Waals surface area contributed by atoms with Crippen LogP contribution in [0.25, 0.3) is 0 Å². The molecule has 0 spiro atoms. The largest absolute Gasteiger partial charge is 0.342 e. The van der Waals surface area contributed by atoms with Crippen molar-refractivity contribution in [1.82, 2.24) is 9.57 Å². The zero-order valence-corrected chi connectivity index (χ0v) is 22.1. The predicted molar refractivity (Wildman–Crippen MR) is 133 cm³/mol. The van der Waals surface area contributed by atoms with E-state index in [1.165, 1.54) is 9.13 Å². The van der Waals surface area contributed by atoms with E-state index in [9.17, 15) is 4.79 Å². The number of nitrogens with zero attached hydrogens (tertiary/aromatic N) is 3. The van der Waals surface area contributed by atoms with E-state index >= 15 is 0 Å². The third kappa shape index (κ3) is 8.94. The maximum atomic E-state index is 12.7. The molecular weight excluding hydrogens is 524 g/mol. The first-order chi connectivity index (χ1) is 14.8.